The number of para-hydroxylation sites is 1. The average molecular weight is 289 g/mol. The summed E-state index contributed by atoms with van der Waals surface area (Å²) in [7, 11) is 1.87. The van der Waals surface area contributed by atoms with E-state index in [1.807, 2.05) is 25.2 Å². The number of quaternary nitrogens is 1. The van der Waals surface area contributed by atoms with Crippen LogP contribution in [0, 0.1) is 11.8 Å². The van der Waals surface area contributed by atoms with Gasteiger partial charge in [0, 0.05) is 17.7 Å². The highest BCUT2D eigenvalue weighted by Crippen LogP contribution is 2.61. The fourth-order valence-electron chi connectivity index (χ4n) is 3.61. The lowest BCUT2D eigenvalue weighted by Crippen LogP contribution is -2.32. The van der Waals surface area contributed by atoms with E-state index in [-0.39, 0.29) is 10.3 Å². The molecule has 2 aliphatic carbocycles. The number of benzene rings is 1. The molecule has 2 saturated carbocycles. The first-order valence-corrected chi connectivity index (χ1v) is 7.62. The Balaban J connectivity index is 1.68. The standard InChI is InChI=1S/C17H19F2N2/c1-21(9-8-15(20-21)17(18)19)16-5-3-2-4-12(16)14-10-13(14)11-6-7-11/h2-5,8-9,11,13-14,17H,6-7,10H2,1H3/q+1/t13-,14-,21?/m0/s1. The van der Waals surface area contributed by atoms with Gasteiger partial charge in [-0.2, -0.15) is 0 Å². The summed E-state index contributed by atoms with van der Waals surface area (Å²) in [6.45, 7) is 0. The Morgan fingerprint density at radius 3 is 2.67 bits per heavy atom. The fourth-order valence-corrected chi connectivity index (χ4v) is 3.61. The lowest BCUT2D eigenvalue weighted by Gasteiger charge is -2.23. The van der Waals surface area contributed by atoms with Gasteiger partial charge in [0.05, 0.1) is 0 Å². The van der Waals surface area contributed by atoms with Gasteiger partial charge in [0.1, 0.15) is 13.2 Å². The first kappa shape index (κ1) is 13.1. The van der Waals surface area contributed by atoms with Crippen LogP contribution in [-0.2, 0) is 0 Å². The molecule has 4 rings (SSSR count). The number of allylic oxidation sites excluding steroid dienone is 1. The van der Waals surface area contributed by atoms with E-state index >= 15 is 0 Å². The van der Waals surface area contributed by atoms with E-state index < -0.39 is 6.43 Å². The van der Waals surface area contributed by atoms with Crippen LogP contribution in [0.5, 0.6) is 0 Å². The van der Waals surface area contributed by atoms with Crippen LogP contribution in [0.15, 0.2) is 41.6 Å². The molecule has 3 aliphatic rings. The molecule has 0 spiro atoms. The van der Waals surface area contributed by atoms with Crippen LogP contribution < -0.4 is 4.59 Å². The molecule has 0 aromatic heterocycles. The molecule has 4 heteroatoms. The van der Waals surface area contributed by atoms with Crippen molar-refractivity contribution in [3.63, 3.8) is 0 Å². The molecule has 1 aromatic rings. The molecule has 1 unspecified atom stereocenters. The van der Waals surface area contributed by atoms with Gasteiger partial charge in [0.15, 0.2) is 11.4 Å². The van der Waals surface area contributed by atoms with Gasteiger partial charge in [-0.1, -0.05) is 23.3 Å². The lowest BCUT2D eigenvalue weighted by molar-refractivity contribution is 0.225. The Hall–Kier alpha value is -1.55. The van der Waals surface area contributed by atoms with Gasteiger partial charge < -0.3 is 0 Å². The van der Waals surface area contributed by atoms with E-state index in [2.05, 4.69) is 11.2 Å². The zero-order valence-electron chi connectivity index (χ0n) is 12.0. The molecule has 1 heterocycles. The minimum absolute atomic E-state index is 0.115. The maximum Gasteiger partial charge on any atom is 0.285 e. The Morgan fingerprint density at radius 1 is 1.24 bits per heavy atom. The van der Waals surface area contributed by atoms with Gasteiger partial charge in [-0.25, -0.2) is 8.78 Å². The van der Waals surface area contributed by atoms with Gasteiger partial charge in [-0.15, -0.1) is 4.59 Å². The number of hydrogen-bond donors (Lipinski definition) is 0. The summed E-state index contributed by atoms with van der Waals surface area (Å²) in [5, 5.41) is 4.24. The average Bonchev–Trinajstić information content (AvgIpc) is 3.35. The number of nitrogens with zero attached hydrogens (tertiary/aromatic N) is 2. The van der Waals surface area contributed by atoms with Gasteiger partial charge in [-0.05, 0) is 37.0 Å². The zero-order chi connectivity index (χ0) is 14.6. The summed E-state index contributed by atoms with van der Waals surface area (Å²) in [5.41, 5.74) is 2.21. The molecule has 1 aliphatic heterocycles. The molecular formula is C17H19F2N2+. The van der Waals surface area contributed by atoms with Crippen LogP contribution in [-0.4, -0.2) is 19.2 Å². The predicted octanol–water partition coefficient (Wildman–Crippen LogP) is 4.29. The summed E-state index contributed by atoms with van der Waals surface area (Å²) < 4.78 is 25.8. The second-order valence-electron chi connectivity index (χ2n) is 6.57. The summed E-state index contributed by atoms with van der Waals surface area (Å²) in [5.74, 6) is 2.31. The highest BCUT2D eigenvalue weighted by molar-refractivity contribution is 5.99. The minimum Gasteiger partial charge on any atom is -0.203 e. The highest BCUT2D eigenvalue weighted by atomic mass is 19.3. The van der Waals surface area contributed by atoms with Gasteiger partial charge >= 0.3 is 0 Å². The van der Waals surface area contributed by atoms with Crippen LogP contribution in [0.3, 0.4) is 0 Å². The number of halogens is 2. The third kappa shape index (κ3) is 2.22. The topological polar surface area (TPSA) is 12.4 Å². The Bertz CT molecular complexity index is 633. The third-order valence-electron chi connectivity index (χ3n) is 4.97. The van der Waals surface area contributed by atoms with E-state index in [0.717, 1.165) is 17.5 Å². The smallest absolute Gasteiger partial charge is 0.203 e. The number of alkyl halides is 2. The quantitative estimate of drug-likeness (QED) is 0.733. The SMILES string of the molecule is C[N+]1(c2ccccc2[C@@H]2C[C@H]2C2CC2)C=CC(C(F)F)=N1. The van der Waals surface area contributed by atoms with Gasteiger partial charge in [0.2, 0.25) is 0 Å². The summed E-state index contributed by atoms with van der Waals surface area (Å²) in [6.07, 6.45) is 4.68. The van der Waals surface area contributed by atoms with Gasteiger partial charge in [-0.3, -0.25) is 0 Å². The summed E-state index contributed by atoms with van der Waals surface area (Å²) in [6, 6.07) is 8.20. The molecule has 0 bridgehead atoms. The number of hydrogen-bond acceptors (Lipinski definition) is 1. The van der Waals surface area contributed by atoms with E-state index in [1.165, 1.54) is 30.9 Å². The molecule has 1 aromatic carbocycles. The first-order chi connectivity index (χ1) is 10.1. The molecule has 0 radical (unpaired) electrons. The van der Waals surface area contributed by atoms with Gasteiger partial charge in [0.25, 0.3) is 6.43 Å². The minimum atomic E-state index is -2.51. The number of rotatable bonds is 4. The van der Waals surface area contributed by atoms with E-state index in [0.29, 0.717) is 5.92 Å². The molecule has 3 atom stereocenters. The third-order valence-corrected chi connectivity index (χ3v) is 4.97. The molecule has 0 N–H and O–H groups in total. The van der Waals surface area contributed by atoms with Crippen molar-refractivity contribution < 1.29 is 8.78 Å². The van der Waals surface area contributed by atoms with Crippen molar-refractivity contribution in [1.29, 1.82) is 0 Å². The molecule has 2 nitrogen and oxygen atoms in total. The summed E-state index contributed by atoms with van der Waals surface area (Å²) in [4.78, 5) is 0. The largest absolute Gasteiger partial charge is 0.285 e. The van der Waals surface area contributed by atoms with Crippen LogP contribution in [0.2, 0.25) is 0 Å². The van der Waals surface area contributed by atoms with Crippen molar-refractivity contribution in [3.8, 4) is 0 Å². The second-order valence-corrected chi connectivity index (χ2v) is 6.57. The van der Waals surface area contributed by atoms with Crippen molar-refractivity contribution in [3.05, 3.63) is 42.1 Å². The van der Waals surface area contributed by atoms with Crippen molar-refractivity contribution in [2.75, 3.05) is 7.05 Å². The second kappa shape index (κ2) is 4.47. The van der Waals surface area contributed by atoms with E-state index in [4.69, 9.17) is 0 Å². The van der Waals surface area contributed by atoms with Crippen molar-refractivity contribution in [2.24, 2.45) is 16.9 Å². The van der Waals surface area contributed by atoms with E-state index in [1.54, 1.807) is 6.20 Å². The zero-order valence-corrected chi connectivity index (χ0v) is 12.0. The van der Waals surface area contributed by atoms with Crippen LogP contribution in [0.1, 0.15) is 30.7 Å². The summed E-state index contributed by atoms with van der Waals surface area (Å²) >= 11 is 0. The molecule has 0 saturated heterocycles. The lowest BCUT2D eigenvalue weighted by atomic mass is 10.0. The molecular weight excluding hydrogens is 270 g/mol. The van der Waals surface area contributed by atoms with Crippen molar-refractivity contribution in [1.82, 2.24) is 4.59 Å². The Kier molecular flexibility index (Phi) is 2.80. The molecule has 0 amide bonds. The van der Waals surface area contributed by atoms with Crippen molar-refractivity contribution in [2.45, 2.75) is 31.6 Å². The normalized spacial score (nSPS) is 34.4. The first-order valence-electron chi connectivity index (χ1n) is 7.62. The van der Waals surface area contributed by atoms with E-state index in [9.17, 15) is 8.78 Å². The molecule has 110 valence electrons. The maximum absolute atomic E-state index is 12.9. The monoisotopic (exact) mass is 289 g/mol. The highest BCUT2D eigenvalue weighted by Gasteiger charge is 2.50. The molecule has 2 fully saturated rings. The van der Waals surface area contributed by atoms with Crippen LogP contribution in [0.4, 0.5) is 14.5 Å². The van der Waals surface area contributed by atoms with Crippen LogP contribution >= 0.6 is 0 Å². The Morgan fingerprint density at radius 2 is 2.00 bits per heavy atom. The fraction of sp³-hybridized carbons (Fsp3) is 0.471. The van der Waals surface area contributed by atoms with Crippen LogP contribution in [0.25, 0.3) is 0 Å². The maximum atomic E-state index is 12.9. The Labute approximate surface area is 123 Å². The molecule has 21 heavy (non-hydrogen) atoms. The predicted molar refractivity (Wildman–Crippen MR) is 80.3 cm³/mol. The van der Waals surface area contributed by atoms with Crippen molar-refractivity contribution >= 4 is 11.4 Å².